The number of para-hydroxylation sites is 1. The number of rotatable bonds is 8. The molecule has 0 aliphatic carbocycles. The molecule has 0 bridgehead atoms. The van der Waals surface area contributed by atoms with Crippen LogP contribution in [0.4, 0.5) is 0 Å². The molecule has 1 heterocycles. The van der Waals surface area contributed by atoms with E-state index in [1.165, 1.54) is 4.90 Å². The fourth-order valence-electron chi connectivity index (χ4n) is 2.66. The molecule has 144 valence electrons. The predicted octanol–water partition coefficient (Wildman–Crippen LogP) is 4.32. The van der Waals surface area contributed by atoms with Crippen LogP contribution in [0.5, 0.6) is 11.5 Å². The topological polar surface area (TPSA) is 58.6 Å². The molecular weight excluding hydrogens is 372 g/mol. The zero-order valence-corrected chi connectivity index (χ0v) is 16.4. The summed E-state index contributed by atoms with van der Waals surface area (Å²) in [6, 6.07) is 20.3. The zero-order valence-electron chi connectivity index (χ0n) is 15.6. The normalized spacial score (nSPS) is 10.3. The number of amides is 2. The number of hydrogen-bond donors (Lipinski definition) is 1. The fourth-order valence-corrected chi connectivity index (χ4v) is 3.30. The summed E-state index contributed by atoms with van der Waals surface area (Å²) in [5.41, 5.74) is 0.487. The molecule has 0 unspecified atom stereocenters. The molecule has 2 amide bonds. The van der Waals surface area contributed by atoms with E-state index in [9.17, 15) is 9.59 Å². The Kier molecular flexibility index (Phi) is 6.81. The van der Waals surface area contributed by atoms with E-state index >= 15 is 0 Å². The molecule has 3 rings (SSSR count). The molecule has 3 aromatic rings. The van der Waals surface area contributed by atoms with Crippen molar-refractivity contribution in [3.8, 4) is 11.5 Å². The number of thiophene rings is 1. The Balaban J connectivity index is 1.62. The van der Waals surface area contributed by atoms with Crippen molar-refractivity contribution in [2.24, 2.45) is 0 Å². The average Bonchev–Trinajstić information content (AvgIpc) is 3.25. The van der Waals surface area contributed by atoms with Gasteiger partial charge >= 0.3 is 0 Å². The lowest BCUT2D eigenvalue weighted by molar-refractivity contribution is -0.121. The lowest BCUT2D eigenvalue weighted by Gasteiger charge is -2.20. The van der Waals surface area contributed by atoms with Crippen molar-refractivity contribution < 1.29 is 14.3 Å². The first-order valence-electron chi connectivity index (χ1n) is 9.07. The van der Waals surface area contributed by atoms with Gasteiger partial charge in [-0.25, -0.2) is 0 Å². The van der Waals surface area contributed by atoms with E-state index in [1.807, 2.05) is 54.8 Å². The minimum atomic E-state index is -0.202. The van der Waals surface area contributed by atoms with E-state index in [4.69, 9.17) is 4.74 Å². The van der Waals surface area contributed by atoms with Gasteiger partial charge in [0.15, 0.2) is 0 Å². The summed E-state index contributed by atoms with van der Waals surface area (Å²) in [6.45, 7) is 2.79. The minimum absolute atomic E-state index is 0.0183. The zero-order chi connectivity index (χ0) is 19.8. The van der Waals surface area contributed by atoms with Crippen LogP contribution in [-0.2, 0) is 11.3 Å². The molecule has 0 radical (unpaired) electrons. The molecule has 0 aliphatic rings. The number of carbonyl (C=O) groups excluding carboxylic acids is 2. The average molecular weight is 394 g/mol. The molecule has 0 spiro atoms. The second-order valence-electron chi connectivity index (χ2n) is 6.12. The van der Waals surface area contributed by atoms with Crippen LogP contribution >= 0.6 is 11.3 Å². The highest BCUT2D eigenvalue weighted by molar-refractivity contribution is 7.09. The van der Waals surface area contributed by atoms with E-state index in [2.05, 4.69) is 5.32 Å². The summed E-state index contributed by atoms with van der Waals surface area (Å²) in [5, 5.41) is 4.82. The first-order valence-corrected chi connectivity index (χ1v) is 9.95. The standard InChI is InChI=1S/C22H22N2O3S/c1-2-24(16-21(25)23-15-20-12-7-13-28-20)22(26)17-8-6-11-19(14-17)27-18-9-4-3-5-10-18/h3-14H,2,15-16H2,1H3,(H,23,25). The van der Waals surface area contributed by atoms with Crippen molar-refractivity contribution in [2.45, 2.75) is 13.5 Å². The van der Waals surface area contributed by atoms with Crippen LogP contribution in [0.15, 0.2) is 72.1 Å². The van der Waals surface area contributed by atoms with Crippen molar-refractivity contribution >= 4 is 23.2 Å². The lowest BCUT2D eigenvalue weighted by atomic mass is 10.2. The number of carbonyl (C=O) groups is 2. The number of nitrogens with zero attached hydrogens (tertiary/aromatic N) is 1. The largest absolute Gasteiger partial charge is 0.457 e. The summed E-state index contributed by atoms with van der Waals surface area (Å²) in [6.07, 6.45) is 0. The van der Waals surface area contributed by atoms with Crippen molar-refractivity contribution in [1.29, 1.82) is 0 Å². The Labute approximate surface area is 168 Å². The van der Waals surface area contributed by atoms with Crippen LogP contribution in [0.2, 0.25) is 0 Å². The number of nitrogens with one attached hydrogen (secondary N) is 1. The van der Waals surface area contributed by atoms with Crippen LogP contribution in [-0.4, -0.2) is 29.8 Å². The third-order valence-corrected chi connectivity index (χ3v) is 4.98. The number of benzene rings is 2. The molecular formula is C22H22N2O3S. The maximum atomic E-state index is 12.8. The molecule has 0 saturated heterocycles. The van der Waals surface area contributed by atoms with Gasteiger partial charge in [0.05, 0.1) is 13.1 Å². The number of hydrogen-bond acceptors (Lipinski definition) is 4. The van der Waals surface area contributed by atoms with Gasteiger partial charge in [-0.2, -0.15) is 0 Å². The van der Waals surface area contributed by atoms with Gasteiger partial charge in [0.1, 0.15) is 11.5 Å². The van der Waals surface area contributed by atoms with Gasteiger partial charge in [-0.05, 0) is 48.7 Å². The Morgan fingerprint density at radius 1 is 1.00 bits per heavy atom. The highest BCUT2D eigenvalue weighted by atomic mass is 32.1. The van der Waals surface area contributed by atoms with Gasteiger partial charge in [-0.3, -0.25) is 9.59 Å². The monoisotopic (exact) mass is 394 g/mol. The SMILES string of the molecule is CCN(CC(=O)NCc1cccs1)C(=O)c1cccc(Oc2ccccc2)c1. The highest BCUT2D eigenvalue weighted by Crippen LogP contribution is 2.22. The molecule has 28 heavy (non-hydrogen) atoms. The van der Waals surface area contributed by atoms with Crippen LogP contribution in [0, 0.1) is 0 Å². The summed E-state index contributed by atoms with van der Waals surface area (Å²) in [7, 11) is 0. The summed E-state index contributed by atoms with van der Waals surface area (Å²) < 4.78 is 5.79. The smallest absolute Gasteiger partial charge is 0.254 e. The molecule has 1 aromatic heterocycles. The van der Waals surface area contributed by atoms with Crippen LogP contribution in [0.3, 0.4) is 0 Å². The summed E-state index contributed by atoms with van der Waals surface area (Å²) in [5.74, 6) is 0.898. The number of ether oxygens (including phenoxy) is 1. The Bertz CT molecular complexity index is 911. The minimum Gasteiger partial charge on any atom is -0.457 e. The maximum Gasteiger partial charge on any atom is 0.254 e. The van der Waals surface area contributed by atoms with Gasteiger partial charge in [0.2, 0.25) is 5.91 Å². The van der Waals surface area contributed by atoms with Crippen LogP contribution in [0.25, 0.3) is 0 Å². The lowest BCUT2D eigenvalue weighted by Crippen LogP contribution is -2.40. The van der Waals surface area contributed by atoms with Gasteiger partial charge < -0.3 is 15.0 Å². The van der Waals surface area contributed by atoms with E-state index in [0.29, 0.717) is 30.2 Å². The van der Waals surface area contributed by atoms with E-state index in [0.717, 1.165) is 4.88 Å². The van der Waals surface area contributed by atoms with Crippen molar-refractivity contribution in [1.82, 2.24) is 10.2 Å². The summed E-state index contributed by atoms with van der Waals surface area (Å²) >= 11 is 1.59. The van der Waals surface area contributed by atoms with Crippen molar-refractivity contribution in [3.63, 3.8) is 0 Å². The van der Waals surface area contributed by atoms with E-state index < -0.39 is 0 Å². The Morgan fingerprint density at radius 2 is 1.79 bits per heavy atom. The third kappa shape index (κ3) is 5.44. The maximum absolute atomic E-state index is 12.8. The Morgan fingerprint density at radius 3 is 2.50 bits per heavy atom. The van der Waals surface area contributed by atoms with E-state index in [-0.39, 0.29) is 18.4 Å². The molecule has 1 N–H and O–H groups in total. The fraction of sp³-hybridized carbons (Fsp3) is 0.182. The van der Waals surface area contributed by atoms with Crippen LogP contribution in [0.1, 0.15) is 22.2 Å². The molecule has 0 atom stereocenters. The van der Waals surface area contributed by atoms with Crippen molar-refractivity contribution in [3.05, 3.63) is 82.6 Å². The predicted molar refractivity (Wildman–Crippen MR) is 111 cm³/mol. The molecule has 2 aromatic carbocycles. The van der Waals surface area contributed by atoms with E-state index in [1.54, 1.807) is 35.6 Å². The van der Waals surface area contributed by atoms with Crippen molar-refractivity contribution in [2.75, 3.05) is 13.1 Å². The van der Waals surface area contributed by atoms with Gasteiger partial charge in [-0.15, -0.1) is 11.3 Å². The second kappa shape index (κ2) is 9.71. The first kappa shape index (κ1) is 19.6. The van der Waals surface area contributed by atoms with Gasteiger partial charge in [0, 0.05) is 17.0 Å². The second-order valence-corrected chi connectivity index (χ2v) is 7.15. The molecule has 0 saturated carbocycles. The Hall–Kier alpha value is -3.12. The quantitative estimate of drug-likeness (QED) is 0.619. The van der Waals surface area contributed by atoms with Gasteiger partial charge in [0.25, 0.3) is 5.91 Å². The highest BCUT2D eigenvalue weighted by Gasteiger charge is 2.18. The molecule has 5 nitrogen and oxygen atoms in total. The number of likely N-dealkylation sites (N-methyl/N-ethyl adjacent to an activating group) is 1. The third-order valence-electron chi connectivity index (χ3n) is 4.10. The first-order chi connectivity index (χ1) is 13.7. The van der Waals surface area contributed by atoms with Gasteiger partial charge in [-0.1, -0.05) is 30.3 Å². The summed E-state index contributed by atoms with van der Waals surface area (Å²) in [4.78, 5) is 27.7. The molecule has 0 fully saturated rings. The molecule has 0 aliphatic heterocycles. The van der Waals surface area contributed by atoms with Crippen LogP contribution < -0.4 is 10.1 Å². The molecule has 6 heteroatoms.